The predicted octanol–water partition coefficient (Wildman–Crippen LogP) is 0.643. The summed E-state index contributed by atoms with van der Waals surface area (Å²) in [5.74, 6) is 0.572. The molecule has 1 unspecified atom stereocenters. The molecular formula is C15H27NO4S. The first-order chi connectivity index (χ1) is 9.76. The highest BCUT2D eigenvalue weighted by Crippen LogP contribution is 2.35. The lowest BCUT2D eigenvalue weighted by Gasteiger charge is -2.46. The van der Waals surface area contributed by atoms with E-state index in [2.05, 4.69) is 13.2 Å². The second-order valence-electron chi connectivity index (χ2n) is 6.07. The fraction of sp³-hybridized carbons (Fsp3) is 0.733. The third kappa shape index (κ3) is 4.31. The molecule has 21 heavy (non-hydrogen) atoms. The van der Waals surface area contributed by atoms with Gasteiger partial charge in [0, 0.05) is 11.8 Å². The molecule has 1 rings (SSSR count). The number of hydrogen-bond acceptors (Lipinski definition) is 6. The fourth-order valence-corrected chi connectivity index (χ4v) is 3.31. The number of allylic oxidation sites excluding steroid dienone is 1. The zero-order chi connectivity index (χ0) is 16.2. The van der Waals surface area contributed by atoms with Gasteiger partial charge in [0.2, 0.25) is 0 Å². The van der Waals surface area contributed by atoms with E-state index < -0.39 is 35.9 Å². The highest BCUT2D eigenvalue weighted by molar-refractivity contribution is 7.99. The summed E-state index contributed by atoms with van der Waals surface area (Å²) >= 11 is 1.32. The van der Waals surface area contributed by atoms with Gasteiger partial charge in [0.15, 0.2) is 0 Å². The maximum Gasteiger partial charge on any atom is 0.132 e. The molecule has 0 bridgehead atoms. The Labute approximate surface area is 130 Å². The third-order valence-corrected chi connectivity index (χ3v) is 5.06. The number of aliphatic hydroxyl groups excluding tert-OH is 3. The van der Waals surface area contributed by atoms with Gasteiger partial charge in [0.25, 0.3) is 0 Å². The maximum atomic E-state index is 10.2. The van der Waals surface area contributed by atoms with Crippen LogP contribution < -0.4 is 5.73 Å². The SMILES string of the molecule is C=CCS[C@H]1O[C@H](C(N)C(C)(C)CC=C)[C@H](O)[C@H](O)[C@H]1O. The molecule has 6 atom stereocenters. The maximum absolute atomic E-state index is 10.2. The van der Waals surface area contributed by atoms with Crippen LogP contribution in [0.25, 0.3) is 0 Å². The van der Waals surface area contributed by atoms with E-state index in [1.807, 2.05) is 13.8 Å². The lowest BCUT2D eigenvalue weighted by molar-refractivity contribution is -0.209. The van der Waals surface area contributed by atoms with Crippen molar-refractivity contribution >= 4 is 11.8 Å². The Morgan fingerprint density at radius 3 is 2.33 bits per heavy atom. The summed E-state index contributed by atoms with van der Waals surface area (Å²) in [6, 6.07) is -0.500. The lowest BCUT2D eigenvalue weighted by Crippen LogP contribution is -2.64. The summed E-state index contributed by atoms with van der Waals surface area (Å²) in [6.07, 6.45) is -0.295. The monoisotopic (exact) mass is 317 g/mol. The Morgan fingerprint density at radius 1 is 1.19 bits per heavy atom. The molecule has 0 saturated carbocycles. The molecule has 0 aromatic carbocycles. The summed E-state index contributed by atoms with van der Waals surface area (Å²) in [6.45, 7) is 11.2. The Balaban J connectivity index is 2.88. The minimum absolute atomic E-state index is 0.344. The van der Waals surface area contributed by atoms with Crippen molar-refractivity contribution in [2.75, 3.05) is 5.75 Å². The van der Waals surface area contributed by atoms with Gasteiger partial charge in [-0.2, -0.15) is 0 Å². The van der Waals surface area contributed by atoms with Crippen molar-refractivity contribution in [2.24, 2.45) is 11.1 Å². The van der Waals surface area contributed by atoms with Gasteiger partial charge in [-0.1, -0.05) is 26.0 Å². The van der Waals surface area contributed by atoms with E-state index in [0.717, 1.165) is 0 Å². The second-order valence-corrected chi connectivity index (χ2v) is 7.20. The first kappa shape index (κ1) is 18.7. The quantitative estimate of drug-likeness (QED) is 0.515. The van der Waals surface area contributed by atoms with Crippen LogP contribution in [0.4, 0.5) is 0 Å². The normalized spacial score (nSPS) is 35.2. The highest BCUT2D eigenvalue weighted by Gasteiger charge is 2.48. The molecule has 0 aliphatic carbocycles. The summed E-state index contributed by atoms with van der Waals surface area (Å²) in [5, 5.41) is 30.2. The van der Waals surface area contributed by atoms with Crippen LogP contribution >= 0.6 is 11.8 Å². The van der Waals surface area contributed by atoms with Crippen LogP contribution in [0.5, 0.6) is 0 Å². The molecule has 5 N–H and O–H groups in total. The molecule has 5 nitrogen and oxygen atoms in total. The molecule has 0 spiro atoms. The standard InChI is InChI=1S/C15H27NO4S/c1-5-7-15(3,4)13(16)12-10(18)9(17)11(19)14(20-12)21-8-6-2/h5-6,9-14,17-19H,1-2,7-8,16H2,3-4H3/t9-,10+,11+,12-,13?,14+/m0/s1. The van der Waals surface area contributed by atoms with Gasteiger partial charge in [0.05, 0.1) is 0 Å². The van der Waals surface area contributed by atoms with E-state index in [4.69, 9.17) is 10.5 Å². The van der Waals surface area contributed by atoms with E-state index in [1.165, 1.54) is 11.8 Å². The van der Waals surface area contributed by atoms with Crippen molar-refractivity contribution in [2.45, 2.75) is 56.2 Å². The Morgan fingerprint density at radius 2 is 1.81 bits per heavy atom. The minimum atomic E-state index is -1.28. The molecule has 1 heterocycles. The van der Waals surface area contributed by atoms with E-state index in [-0.39, 0.29) is 5.41 Å². The average Bonchev–Trinajstić information content (AvgIpc) is 2.43. The van der Waals surface area contributed by atoms with E-state index in [9.17, 15) is 15.3 Å². The third-order valence-electron chi connectivity index (χ3n) is 3.91. The molecule has 0 aromatic rings. The summed E-state index contributed by atoms with van der Waals surface area (Å²) in [4.78, 5) is 0. The van der Waals surface area contributed by atoms with Crippen LogP contribution in [0.3, 0.4) is 0 Å². The van der Waals surface area contributed by atoms with E-state index in [0.29, 0.717) is 12.2 Å². The number of nitrogens with two attached hydrogens (primary N) is 1. The van der Waals surface area contributed by atoms with Gasteiger partial charge in [-0.15, -0.1) is 24.9 Å². The first-order valence-corrected chi connectivity index (χ1v) is 8.09. The smallest absolute Gasteiger partial charge is 0.132 e. The number of rotatable bonds is 7. The summed E-state index contributed by atoms with van der Waals surface area (Å²) < 4.78 is 5.77. The van der Waals surface area contributed by atoms with Crippen molar-refractivity contribution in [1.29, 1.82) is 0 Å². The zero-order valence-electron chi connectivity index (χ0n) is 12.7. The molecule has 0 aromatic heterocycles. The molecule has 0 amide bonds. The van der Waals surface area contributed by atoms with Gasteiger partial charge in [0.1, 0.15) is 29.9 Å². The van der Waals surface area contributed by atoms with Crippen LogP contribution in [0.15, 0.2) is 25.3 Å². The number of ether oxygens (including phenoxy) is 1. The fourth-order valence-electron chi connectivity index (χ4n) is 2.42. The molecule has 6 heteroatoms. The van der Waals surface area contributed by atoms with Crippen molar-refractivity contribution in [3.05, 3.63) is 25.3 Å². The molecular weight excluding hydrogens is 290 g/mol. The molecule has 122 valence electrons. The van der Waals surface area contributed by atoms with Crippen LogP contribution in [-0.2, 0) is 4.74 Å². The van der Waals surface area contributed by atoms with Gasteiger partial charge in [-0.05, 0) is 11.8 Å². The Kier molecular flexibility index (Phi) is 6.90. The van der Waals surface area contributed by atoms with Gasteiger partial charge < -0.3 is 25.8 Å². The Bertz CT molecular complexity index is 364. The van der Waals surface area contributed by atoms with Crippen LogP contribution in [0.1, 0.15) is 20.3 Å². The number of aliphatic hydroxyl groups is 3. The highest BCUT2D eigenvalue weighted by atomic mass is 32.2. The topological polar surface area (TPSA) is 95.9 Å². The summed E-state index contributed by atoms with van der Waals surface area (Å²) in [7, 11) is 0. The van der Waals surface area contributed by atoms with Crippen molar-refractivity contribution < 1.29 is 20.1 Å². The van der Waals surface area contributed by atoms with E-state index in [1.54, 1.807) is 12.2 Å². The largest absolute Gasteiger partial charge is 0.388 e. The van der Waals surface area contributed by atoms with Crippen molar-refractivity contribution in [3.8, 4) is 0 Å². The van der Waals surface area contributed by atoms with Crippen LogP contribution in [-0.4, -0.2) is 57.0 Å². The number of thioether (sulfide) groups is 1. The molecule has 1 fully saturated rings. The van der Waals surface area contributed by atoms with Gasteiger partial charge in [-0.25, -0.2) is 0 Å². The number of hydrogen-bond donors (Lipinski definition) is 4. The second kappa shape index (κ2) is 7.76. The molecule has 1 aliphatic heterocycles. The summed E-state index contributed by atoms with van der Waals surface area (Å²) in [5.41, 5.74) is 5.26. The van der Waals surface area contributed by atoms with Crippen LogP contribution in [0, 0.1) is 5.41 Å². The average molecular weight is 317 g/mol. The van der Waals surface area contributed by atoms with Gasteiger partial charge >= 0.3 is 0 Å². The first-order valence-electron chi connectivity index (χ1n) is 7.05. The van der Waals surface area contributed by atoms with Crippen molar-refractivity contribution in [3.63, 3.8) is 0 Å². The minimum Gasteiger partial charge on any atom is -0.388 e. The van der Waals surface area contributed by atoms with Gasteiger partial charge in [-0.3, -0.25) is 0 Å². The van der Waals surface area contributed by atoms with E-state index >= 15 is 0 Å². The molecule has 1 saturated heterocycles. The van der Waals surface area contributed by atoms with Crippen LogP contribution in [0.2, 0.25) is 0 Å². The molecule has 0 radical (unpaired) electrons. The predicted molar refractivity (Wildman–Crippen MR) is 85.9 cm³/mol. The van der Waals surface area contributed by atoms with Crippen molar-refractivity contribution in [1.82, 2.24) is 0 Å². The lowest BCUT2D eigenvalue weighted by atomic mass is 9.76. The molecule has 1 aliphatic rings. The zero-order valence-corrected chi connectivity index (χ0v) is 13.5. The Hall–Kier alpha value is -0.370.